The number of aryl methyl sites for hydroxylation is 2. The van der Waals surface area contributed by atoms with Crippen molar-refractivity contribution in [2.24, 2.45) is 0 Å². The van der Waals surface area contributed by atoms with Crippen molar-refractivity contribution >= 4 is 11.6 Å². The van der Waals surface area contributed by atoms with E-state index in [1.807, 2.05) is 62.4 Å². The molecule has 2 aromatic carbocycles. The minimum absolute atomic E-state index is 0.0432. The van der Waals surface area contributed by atoms with E-state index in [-0.39, 0.29) is 5.91 Å². The highest BCUT2D eigenvalue weighted by Crippen LogP contribution is 2.19. The average Bonchev–Trinajstić information content (AvgIpc) is 3.04. The molecule has 0 aliphatic carbocycles. The number of para-hydroxylation sites is 1. The Kier molecular flexibility index (Phi) is 7.03. The number of aromatic nitrogens is 1. The number of ether oxygens (including phenoxy) is 1. The van der Waals surface area contributed by atoms with Crippen molar-refractivity contribution in [2.45, 2.75) is 40.3 Å². The first-order chi connectivity index (χ1) is 14.1. The Balaban J connectivity index is 1.55. The fourth-order valence-electron chi connectivity index (χ4n) is 3.00. The first-order valence-electron chi connectivity index (χ1n) is 9.78. The number of benzene rings is 2. The zero-order valence-corrected chi connectivity index (χ0v) is 17.1. The molecule has 0 aliphatic rings. The number of anilines is 1. The van der Waals surface area contributed by atoms with Gasteiger partial charge < -0.3 is 19.9 Å². The van der Waals surface area contributed by atoms with Crippen LogP contribution >= 0.6 is 0 Å². The van der Waals surface area contributed by atoms with Gasteiger partial charge in [-0.3, -0.25) is 4.79 Å². The molecule has 6 nitrogen and oxygen atoms in total. The Bertz CT molecular complexity index is 929. The largest absolute Gasteiger partial charge is 0.489 e. The van der Waals surface area contributed by atoms with Crippen LogP contribution in [0.4, 0.5) is 5.69 Å². The lowest BCUT2D eigenvalue weighted by atomic mass is 10.1. The van der Waals surface area contributed by atoms with Gasteiger partial charge in [0.1, 0.15) is 18.1 Å². The van der Waals surface area contributed by atoms with E-state index >= 15 is 0 Å². The highest BCUT2D eigenvalue weighted by atomic mass is 16.5. The molecule has 1 heterocycles. The molecule has 2 N–H and O–H groups in total. The quantitative estimate of drug-likeness (QED) is 0.571. The Morgan fingerprint density at radius 3 is 2.55 bits per heavy atom. The topological polar surface area (TPSA) is 76.4 Å². The molecular formula is C23H27N3O3. The van der Waals surface area contributed by atoms with E-state index in [0.29, 0.717) is 13.0 Å². The van der Waals surface area contributed by atoms with Crippen molar-refractivity contribution in [2.75, 3.05) is 11.9 Å². The molecule has 29 heavy (non-hydrogen) atoms. The summed E-state index contributed by atoms with van der Waals surface area (Å²) in [4.78, 5) is 12.5. The highest BCUT2D eigenvalue weighted by molar-refractivity contribution is 5.93. The summed E-state index contributed by atoms with van der Waals surface area (Å²) in [5.74, 6) is 1.47. The second-order valence-corrected chi connectivity index (χ2v) is 6.90. The minimum atomic E-state index is -0.0432. The third kappa shape index (κ3) is 5.68. The Hall–Kier alpha value is -3.12. The molecule has 0 saturated carbocycles. The molecule has 0 radical (unpaired) electrons. The van der Waals surface area contributed by atoms with E-state index < -0.39 is 0 Å². The van der Waals surface area contributed by atoms with E-state index in [1.54, 1.807) is 0 Å². The van der Waals surface area contributed by atoms with E-state index in [4.69, 9.17) is 9.26 Å². The molecule has 0 bridgehead atoms. The van der Waals surface area contributed by atoms with Gasteiger partial charge >= 0.3 is 0 Å². The summed E-state index contributed by atoms with van der Waals surface area (Å²) in [7, 11) is 0. The zero-order valence-electron chi connectivity index (χ0n) is 17.1. The summed E-state index contributed by atoms with van der Waals surface area (Å²) >= 11 is 0. The molecular weight excluding hydrogens is 366 g/mol. The van der Waals surface area contributed by atoms with Gasteiger partial charge in [-0.05, 0) is 49.7 Å². The van der Waals surface area contributed by atoms with Crippen LogP contribution in [0.15, 0.2) is 53.1 Å². The van der Waals surface area contributed by atoms with Crippen LogP contribution in [0.25, 0.3) is 0 Å². The second-order valence-electron chi connectivity index (χ2n) is 6.90. The van der Waals surface area contributed by atoms with Crippen LogP contribution in [0, 0.1) is 13.8 Å². The van der Waals surface area contributed by atoms with Crippen LogP contribution in [-0.2, 0) is 24.4 Å². The minimum Gasteiger partial charge on any atom is -0.489 e. The first kappa shape index (κ1) is 20.6. The monoisotopic (exact) mass is 393 g/mol. The van der Waals surface area contributed by atoms with Crippen LogP contribution in [0.3, 0.4) is 0 Å². The lowest BCUT2D eigenvalue weighted by Crippen LogP contribution is -2.18. The van der Waals surface area contributed by atoms with Crippen LogP contribution in [-0.4, -0.2) is 17.6 Å². The van der Waals surface area contributed by atoms with Gasteiger partial charge in [-0.15, -0.1) is 0 Å². The summed E-state index contributed by atoms with van der Waals surface area (Å²) in [5.41, 5.74) is 4.65. The van der Waals surface area contributed by atoms with Crippen LogP contribution < -0.4 is 15.4 Å². The molecule has 1 amide bonds. The number of nitrogens with one attached hydrogen (secondary N) is 2. The molecule has 6 heteroatoms. The Morgan fingerprint density at radius 1 is 1.10 bits per heavy atom. The van der Waals surface area contributed by atoms with Gasteiger partial charge in [0, 0.05) is 12.2 Å². The number of hydrogen-bond donors (Lipinski definition) is 2. The summed E-state index contributed by atoms with van der Waals surface area (Å²) < 4.78 is 11.0. The smallest absolute Gasteiger partial charge is 0.228 e. The number of amides is 1. The molecule has 3 rings (SSSR count). The van der Waals surface area contributed by atoms with Crippen LogP contribution in [0.5, 0.6) is 5.75 Å². The molecule has 0 fully saturated rings. The third-order valence-corrected chi connectivity index (χ3v) is 4.71. The summed E-state index contributed by atoms with van der Waals surface area (Å²) in [5, 5.41) is 10.2. The van der Waals surface area contributed by atoms with Crippen molar-refractivity contribution in [3.63, 3.8) is 0 Å². The first-order valence-corrected chi connectivity index (χ1v) is 9.78. The molecule has 0 saturated heterocycles. The van der Waals surface area contributed by atoms with E-state index in [9.17, 15) is 4.79 Å². The second kappa shape index (κ2) is 9.89. The van der Waals surface area contributed by atoms with Gasteiger partial charge in [-0.1, -0.05) is 42.4 Å². The number of hydrogen-bond acceptors (Lipinski definition) is 5. The van der Waals surface area contributed by atoms with Crippen molar-refractivity contribution in [3.05, 3.63) is 76.7 Å². The fraction of sp³-hybridized carbons (Fsp3) is 0.304. The normalized spacial score (nSPS) is 10.7. The fourth-order valence-corrected chi connectivity index (χ4v) is 3.00. The standard InChI is InChI=1S/C23H27N3O3/c1-4-24-14-19-7-5-6-8-22(19)25-23(27)13-18-9-11-20(12-10-18)28-15-21-16(2)26-29-17(21)3/h5-12,24H,4,13-15H2,1-3H3,(H,25,27). The van der Waals surface area contributed by atoms with Crippen molar-refractivity contribution in [1.29, 1.82) is 0 Å². The SMILES string of the molecule is CCNCc1ccccc1NC(=O)Cc1ccc(OCc2c(C)noc2C)cc1. The lowest BCUT2D eigenvalue weighted by Gasteiger charge is -2.12. The van der Waals surface area contributed by atoms with Crippen molar-refractivity contribution in [1.82, 2.24) is 10.5 Å². The van der Waals surface area contributed by atoms with Gasteiger partial charge in [-0.25, -0.2) is 0 Å². The third-order valence-electron chi connectivity index (χ3n) is 4.71. The Labute approximate surface area is 171 Å². The lowest BCUT2D eigenvalue weighted by molar-refractivity contribution is -0.115. The number of rotatable bonds is 9. The van der Waals surface area contributed by atoms with Gasteiger partial charge in [-0.2, -0.15) is 0 Å². The Morgan fingerprint density at radius 2 is 1.86 bits per heavy atom. The summed E-state index contributed by atoms with van der Waals surface area (Å²) in [6.45, 7) is 7.84. The molecule has 0 atom stereocenters. The molecule has 0 unspecified atom stereocenters. The summed E-state index contributed by atoms with van der Waals surface area (Å²) in [6, 6.07) is 15.4. The zero-order chi connectivity index (χ0) is 20.6. The van der Waals surface area contributed by atoms with Gasteiger partial charge in [0.05, 0.1) is 17.7 Å². The van der Waals surface area contributed by atoms with Crippen molar-refractivity contribution in [3.8, 4) is 5.75 Å². The van der Waals surface area contributed by atoms with E-state index in [1.165, 1.54) is 0 Å². The number of carbonyl (C=O) groups is 1. The highest BCUT2D eigenvalue weighted by Gasteiger charge is 2.10. The summed E-state index contributed by atoms with van der Waals surface area (Å²) in [6.07, 6.45) is 0.305. The molecule has 0 spiro atoms. The van der Waals surface area contributed by atoms with Gasteiger partial charge in [0.2, 0.25) is 5.91 Å². The maximum atomic E-state index is 12.5. The number of nitrogens with zero attached hydrogens (tertiary/aromatic N) is 1. The van der Waals surface area contributed by atoms with Crippen LogP contribution in [0.1, 0.15) is 35.1 Å². The average molecular weight is 393 g/mol. The molecule has 1 aromatic heterocycles. The van der Waals surface area contributed by atoms with Crippen molar-refractivity contribution < 1.29 is 14.1 Å². The molecule has 3 aromatic rings. The van der Waals surface area contributed by atoms with E-state index in [0.717, 1.165) is 52.7 Å². The maximum absolute atomic E-state index is 12.5. The molecule has 0 aliphatic heterocycles. The van der Waals surface area contributed by atoms with Gasteiger partial charge in [0.15, 0.2) is 0 Å². The van der Waals surface area contributed by atoms with Crippen LogP contribution in [0.2, 0.25) is 0 Å². The number of carbonyl (C=O) groups excluding carboxylic acids is 1. The predicted molar refractivity (Wildman–Crippen MR) is 113 cm³/mol. The van der Waals surface area contributed by atoms with E-state index in [2.05, 4.69) is 22.7 Å². The maximum Gasteiger partial charge on any atom is 0.228 e. The predicted octanol–water partition coefficient (Wildman–Crippen LogP) is 4.16. The van der Waals surface area contributed by atoms with Gasteiger partial charge in [0.25, 0.3) is 0 Å². The molecule has 152 valence electrons.